The minimum atomic E-state index is 0.157. The van der Waals surface area contributed by atoms with Crippen LogP contribution in [0.1, 0.15) is 18.9 Å². The number of nitriles is 1. The molecule has 1 rings (SSSR count). The van der Waals surface area contributed by atoms with E-state index in [1.54, 1.807) is 18.2 Å². The van der Waals surface area contributed by atoms with Crippen LogP contribution in [0.3, 0.4) is 0 Å². The summed E-state index contributed by atoms with van der Waals surface area (Å²) in [6.45, 7) is 2.59. The van der Waals surface area contributed by atoms with Gasteiger partial charge in [0.15, 0.2) is 0 Å². The normalized spacial score (nSPS) is 12.1. The molecule has 0 saturated carbocycles. The molecule has 1 aromatic carbocycles. The molecular weight excluding hydrogens is 256 g/mol. The minimum Gasteiger partial charge on any atom is -0.508 e. The monoisotopic (exact) mass is 268 g/mol. The summed E-state index contributed by atoms with van der Waals surface area (Å²) < 4.78 is 0.956. The molecule has 4 heteroatoms. The van der Waals surface area contributed by atoms with Gasteiger partial charge in [0.2, 0.25) is 0 Å². The van der Waals surface area contributed by atoms with E-state index in [2.05, 4.69) is 27.3 Å². The number of halogens is 1. The Bertz CT molecular complexity index is 373. The number of hydrogen-bond acceptors (Lipinski definition) is 3. The highest BCUT2D eigenvalue weighted by Gasteiger charge is 2.04. The van der Waals surface area contributed by atoms with Crippen LogP contribution < -0.4 is 5.32 Å². The summed E-state index contributed by atoms with van der Waals surface area (Å²) in [5.41, 5.74) is 0.986. The Kier molecular flexibility index (Phi) is 4.60. The topological polar surface area (TPSA) is 56.0 Å². The van der Waals surface area contributed by atoms with E-state index in [0.717, 1.165) is 10.0 Å². The molecule has 0 aromatic heterocycles. The van der Waals surface area contributed by atoms with Gasteiger partial charge in [0, 0.05) is 17.1 Å². The van der Waals surface area contributed by atoms with Crippen LogP contribution in [0.5, 0.6) is 5.75 Å². The van der Waals surface area contributed by atoms with Gasteiger partial charge < -0.3 is 10.4 Å². The van der Waals surface area contributed by atoms with E-state index in [4.69, 9.17) is 5.26 Å². The van der Waals surface area contributed by atoms with Crippen LogP contribution in [0.15, 0.2) is 22.7 Å². The Morgan fingerprint density at radius 1 is 1.60 bits per heavy atom. The van der Waals surface area contributed by atoms with E-state index < -0.39 is 0 Å². The summed E-state index contributed by atoms with van der Waals surface area (Å²) in [5.74, 6) is 0.253. The number of nitrogens with zero attached hydrogens (tertiary/aromatic N) is 1. The lowest BCUT2D eigenvalue weighted by molar-refractivity contribution is 0.473. The van der Waals surface area contributed by atoms with Crippen LogP contribution in [0, 0.1) is 11.3 Å². The predicted octanol–water partition coefficient (Wildman–Crippen LogP) is 2.55. The summed E-state index contributed by atoms with van der Waals surface area (Å²) >= 11 is 3.40. The third kappa shape index (κ3) is 3.90. The van der Waals surface area contributed by atoms with E-state index in [0.29, 0.717) is 13.0 Å². The maximum absolute atomic E-state index is 9.31. The van der Waals surface area contributed by atoms with Crippen molar-refractivity contribution in [2.75, 3.05) is 0 Å². The summed E-state index contributed by atoms with van der Waals surface area (Å²) in [6, 6.07) is 7.41. The average molecular weight is 269 g/mol. The van der Waals surface area contributed by atoms with Gasteiger partial charge >= 0.3 is 0 Å². The average Bonchev–Trinajstić information content (AvgIpc) is 2.20. The Morgan fingerprint density at radius 3 is 3.00 bits per heavy atom. The first-order chi connectivity index (χ1) is 7.13. The molecule has 0 heterocycles. The maximum atomic E-state index is 9.31. The first-order valence-corrected chi connectivity index (χ1v) is 5.50. The molecule has 3 nitrogen and oxygen atoms in total. The highest BCUT2D eigenvalue weighted by atomic mass is 79.9. The van der Waals surface area contributed by atoms with Gasteiger partial charge in [0.1, 0.15) is 5.75 Å². The fourth-order valence-electron chi connectivity index (χ4n) is 1.19. The lowest BCUT2D eigenvalue weighted by Crippen LogP contribution is -2.24. The first-order valence-electron chi connectivity index (χ1n) is 4.71. The van der Waals surface area contributed by atoms with Crippen LogP contribution in [-0.4, -0.2) is 11.1 Å². The van der Waals surface area contributed by atoms with Gasteiger partial charge in [-0.25, -0.2) is 0 Å². The molecule has 0 amide bonds. The zero-order valence-electron chi connectivity index (χ0n) is 8.50. The third-order valence-electron chi connectivity index (χ3n) is 2.07. The van der Waals surface area contributed by atoms with E-state index in [1.807, 2.05) is 6.92 Å². The Labute approximate surface area is 97.9 Å². The molecule has 0 radical (unpaired) electrons. The zero-order chi connectivity index (χ0) is 11.3. The van der Waals surface area contributed by atoms with Gasteiger partial charge in [0.25, 0.3) is 0 Å². The second-order valence-electron chi connectivity index (χ2n) is 3.42. The van der Waals surface area contributed by atoms with Crippen LogP contribution >= 0.6 is 15.9 Å². The second-order valence-corrected chi connectivity index (χ2v) is 4.27. The molecule has 0 aliphatic carbocycles. The standard InChI is InChI=1S/C11H13BrN2O/c1-8(4-5-13)14-7-9-6-10(15)2-3-11(9)12/h2-3,6,8,14-15H,4,7H2,1H3. The van der Waals surface area contributed by atoms with Gasteiger partial charge in [-0.05, 0) is 30.7 Å². The number of hydrogen-bond donors (Lipinski definition) is 2. The van der Waals surface area contributed by atoms with Crippen molar-refractivity contribution in [1.82, 2.24) is 5.32 Å². The highest BCUT2D eigenvalue weighted by molar-refractivity contribution is 9.10. The Hall–Kier alpha value is -1.05. The maximum Gasteiger partial charge on any atom is 0.115 e. The van der Waals surface area contributed by atoms with Crippen molar-refractivity contribution in [3.8, 4) is 11.8 Å². The number of benzene rings is 1. The molecule has 0 bridgehead atoms. The van der Waals surface area contributed by atoms with Crippen molar-refractivity contribution >= 4 is 15.9 Å². The highest BCUT2D eigenvalue weighted by Crippen LogP contribution is 2.21. The van der Waals surface area contributed by atoms with Crippen LogP contribution in [-0.2, 0) is 6.54 Å². The predicted molar refractivity (Wildman–Crippen MR) is 62.3 cm³/mol. The van der Waals surface area contributed by atoms with Crippen LogP contribution in [0.25, 0.3) is 0 Å². The Balaban J connectivity index is 2.57. The van der Waals surface area contributed by atoms with Gasteiger partial charge in [-0.2, -0.15) is 5.26 Å². The largest absolute Gasteiger partial charge is 0.508 e. The van der Waals surface area contributed by atoms with Gasteiger partial charge in [-0.1, -0.05) is 15.9 Å². The lowest BCUT2D eigenvalue weighted by atomic mass is 10.2. The van der Waals surface area contributed by atoms with Crippen molar-refractivity contribution in [3.05, 3.63) is 28.2 Å². The summed E-state index contributed by atoms with van der Waals surface area (Å²) in [6.07, 6.45) is 0.483. The third-order valence-corrected chi connectivity index (χ3v) is 2.84. The van der Waals surface area contributed by atoms with Gasteiger partial charge in [-0.3, -0.25) is 0 Å². The SMILES string of the molecule is CC(CC#N)NCc1cc(O)ccc1Br. The van der Waals surface area contributed by atoms with Crippen molar-refractivity contribution in [1.29, 1.82) is 5.26 Å². The van der Waals surface area contributed by atoms with E-state index in [1.165, 1.54) is 0 Å². The second kappa shape index (κ2) is 5.74. The summed E-state index contributed by atoms with van der Waals surface area (Å²) in [4.78, 5) is 0. The smallest absolute Gasteiger partial charge is 0.115 e. The number of phenolic OH excluding ortho intramolecular Hbond substituents is 1. The van der Waals surface area contributed by atoms with Crippen molar-refractivity contribution in [2.45, 2.75) is 25.9 Å². The molecule has 0 spiro atoms. The van der Waals surface area contributed by atoms with Gasteiger partial charge in [0.05, 0.1) is 12.5 Å². The fourth-order valence-corrected chi connectivity index (χ4v) is 1.58. The lowest BCUT2D eigenvalue weighted by Gasteiger charge is -2.11. The van der Waals surface area contributed by atoms with Crippen LogP contribution in [0.2, 0.25) is 0 Å². The number of aromatic hydroxyl groups is 1. The molecule has 1 aromatic rings. The molecule has 0 saturated heterocycles. The molecule has 2 N–H and O–H groups in total. The van der Waals surface area contributed by atoms with Gasteiger partial charge in [-0.15, -0.1) is 0 Å². The molecule has 0 fully saturated rings. The molecule has 0 aliphatic heterocycles. The van der Waals surface area contributed by atoms with Crippen molar-refractivity contribution in [3.63, 3.8) is 0 Å². The van der Waals surface area contributed by atoms with Crippen molar-refractivity contribution in [2.24, 2.45) is 0 Å². The molecule has 1 atom stereocenters. The quantitative estimate of drug-likeness (QED) is 0.883. The van der Waals surface area contributed by atoms with Crippen molar-refractivity contribution < 1.29 is 5.11 Å². The molecule has 0 aliphatic rings. The number of rotatable bonds is 4. The van der Waals surface area contributed by atoms with E-state index in [9.17, 15) is 5.11 Å². The van der Waals surface area contributed by atoms with E-state index >= 15 is 0 Å². The molecule has 80 valence electrons. The fraction of sp³-hybridized carbons (Fsp3) is 0.364. The zero-order valence-corrected chi connectivity index (χ0v) is 10.1. The van der Waals surface area contributed by atoms with Crippen LogP contribution in [0.4, 0.5) is 0 Å². The minimum absolute atomic E-state index is 0.157. The van der Waals surface area contributed by atoms with E-state index in [-0.39, 0.29) is 11.8 Å². The molecule has 1 unspecified atom stereocenters. The first kappa shape index (κ1) is 12.0. The summed E-state index contributed by atoms with van der Waals surface area (Å²) in [7, 11) is 0. The molecular formula is C11H13BrN2O. The number of phenols is 1. The Morgan fingerprint density at radius 2 is 2.33 bits per heavy atom. The molecule has 15 heavy (non-hydrogen) atoms. The summed E-state index contributed by atoms with van der Waals surface area (Å²) in [5, 5.41) is 21.0. The number of nitrogens with one attached hydrogen (secondary N) is 1.